The maximum Gasteiger partial charge on any atom is 0.101 e. The first-order chi connectivity index (χ1) is 21.6. The molecule has 6 nitrogen and oxygen atoms in total. The summed E-state index contributed by atoms with van der Waals surface area (Å²) in [6, 6.07) is 37.8. The van der Waals surface area contributed by atoms with Crippen LogP contribution in [0.15, 0.2) is 119 Å². The van der Waals surface area contributed by atoms with Crippen molar-refractivity contribution in [2.24, 2.45) is 9.98 Å². The lowest BCUT2D eigenvalue weighted by molar-refractivity contribution is 1.38. The van der Waals surface area contributed by atoms with E-state index in [2.05, 4.69) is 107 Å². The molecule has 4 N–H and O–H groups in total. The third-order valence-electron chi connectivity index (χ3n) is 8.34. The van der Waals surface area contributed by atoms with Gasteiger partial charge in [0.05, 0.1) is 34.1 Å². The van der Waals surface area contributed by atoms with Crippen LogP contribution in [0.1, 0.15) is 0 Å². The minimum atomic E-state index is 0.587. The molecule has 4 heterocycles. The van der Waals surface area contributed by atoms with Crippen molar-refractivity contribution in [2.75, 3.05) is 21.3 Å². The van der Waals surface area contributed by atoms with Crippen LogP contribution in [-0.4, -0.2) is 12.7 Å². The Morgan fingerprint density at radius 3 is 1.36 bits per heavy atom. The van der Waals surface area contributed by atoms with Gasteiger partial charge in [0.1, 0.15) is 22.7 Å². The van der Waals surface area contributed by atoms with Crippen LogP contribution >= 0.6 is 22.7 Å². The number of nitrogen functional groups attached to an aromatic ring is 2. The van der Waals surface area contributed by atoms with Gasteiger partial charge in [-0.05, 0) is 59.3 Å². The average molecular weight is 605 g/mol. The fourth-order valence-corrected chi connectivity index (χ4v) is 8.26. The van der Waals surface area contributed by atoms with Gasteiger partial charge in [-0.3, -0.25) is 9.80 Å². The standard InChI is InChI=1S/C36H24N6S2/c37-35-23(29-15-17-31(43-29)41-19-39-25-9-1-5-21-7-3-11-27(41)33(21)25)13-14-24(36(35)38)30-16-18-32(44-30)42-20-40-26-10-2-6-22-8-4-12-28(42)34(22)26/h1-20H,37-38H2. The number of hydrogen-bond acceptors (Lipinski definition) is 8. The zero-order chi connectivity index (χ0) is 29.4. The van der Waals surface area contributed by atoms with Crippen molar-refractivity contribution in [3.63, 3.8) is 0 Å². The van der Waals surface area contributed by atoms with Gasteiger partial charge in [-0.25, -0.2) is 9.98 Å². The summed E-state index contributed by atoms with van der Waals surface area (Å²) in [6.45, 7) is 0. The minimum absolute atomic E-state index is 0.587. The Balaban J connectivity index is 1.04. The van der Waals surface area contributed by atoms with E-state index in [0.29, 0.717) is 11.4 Å². The number of nitrogens with zero attached hydrogens (tertiary/aromatic N) is 4. The first-order valence-corrected chi connectivity index (χ1v) is 15.9. The van der Waals surface area contributed by atoms with Gasteiger partial charge in [-0.1, -0.05) is 60.7 Å². The van der Waals surface area contributed by atoms with E-state index in [1.165, 1.54) is 10.8 Å². The first kappa shape index (κ1) is 25.1. The highest BCUT2D eigenvalue weighted by Crippen LogP contribution is 2.48. The van der Waals surface area contributed by atoms with E-state index in [9.17, 15) is 0 Å². The van der Waals surface area contributed by atoms with Gasteiger partial charge in [-0.2, -0.15) is 0 Å². The number of rotatable bonds is 4. The van der Waals surface area contributed by atoms with Crippen molar-refractivity contribution in [2.45, 2.75) is 0 Å². The molecular formula is C36H24N6S2. The van der Waals surface area contributed by atoms with Crippen LogP contribution in [0.4, 0.5) is 44.1 Å². The maximum absolute atomic E-state index is 6.73. The molecule has 0 spiro atoms. The average Bonchev–Trinajstić information content (AvgIpc) is 3.74. The normalized spacial score (nSPS) is 13.4. The molecule has 2 aliphatic heterocycles. The highest BCUT2D eigenvalue weighted by atomic mass is 32.1. The molecule has 0 saturated carbocycles. The van der Waals surface area contributed by atoms with Crippen molar-refractivity contribution < 1.29 is 0 Å². The molecule has 0 aliphatic carbocycles. The highest BCUT2D eigenvalue weighted by molar-refractivity contribution is 7.20. The zero-order valence-electron chi connectivity index (χ0n) is 23.3. The minimum Gasteiger partial charge on any atom is -0.397 e. The molecule has 0 unspecified atom stereocenters. The van der Waals surface area contributed by atoms with Gasteiger partial charge in [-0.15, -0.1) is 22.7 Å². The summed E-state index contributed by atoms with van der Waals surface area (Å²) in [7, 11) is 0. The molecule has 44 heavy (non-hydrogen) atoms. The molecule has 5 aromatic carbocycles. The van der Waals surface area contributed by atoms with Crippen molar-refractivity contribution in [1.29, 1.82) is 0 Å². The fourth-order valence-electron chi connectivity index (χ4n) is 6.21. The van der Waals surface area contributed by atoms with Gasteiger partial charge in [0, 0.05) is 31.7 Å². The maximum atomic E-state index is 6.73. The number of aliphatic imine (C=N–C) groups is 2. The van der Waals surface area contributed by atoms with E-state index in [4.69, 9.17) is 21.5 Å². The van der Waals surface area contributed by atoms with E-state index in [1.54, 1.807) is 22.7 Å². The third-order valence-corrected chi connectivity index (χ3v) is 10.6. The molecule has 0 bridgehead atoms. The van der Waals surface area contributed by atoms with Gasteiger partial charge in [0.25, 0.3) is 0 Å². The fraction of sp³-hybridized carbons (Fsp3) is 0. The molecule has 9 rings (SSSR count). The Kier molecular flexibility index (Phi) is 5.44. The largest absolute Gasteiger partial charge is 0.397 e. The van der Waals surface area contributed by atoms with Crippen molar-refractivity contribution in [3.05, 3.63) is 109 Å². The smallest absolute Gasteiger partial charge is 0.101 e. The molecular weight excluding hydrogens is 581 g/mol. The third kappa shape index (κ3) is 3.71. The molecule has 2 aromatic heterocycles. The predicted molar refractivity (Wildman–Crippen MR) is 190 cm³/mol. The molecule has 0 fully saturated rings. The van der Waals surface area contributed by atoms with Crippen LogP contribution in [0, 0.1) is 0 Å². The molecule has 0 saturated heterocycles. The van der Waals surface area contributed by atoms with E-state index in [1.807, 2.05) is 24.8 Å². The number of hydrogen-bond donors (Lipinski definition) is 2. The quantitative estimate of drug-likeness (QED) is 0.196. The van der Waals surface area contributed by atoms with Gasteiger partial charge < -0.3 is 11.5 Å². The number of anilines is 6. The SMILES string of the molecule is Nc1c(-c2ccc(N3C=Nc4cccc5cccc3c45)s2)ccc(-c2ccc(N3C=Nc4cccc5cccc3c45)s2)c1N. The summed E-state index contributed by atoms with van der Waals surface area (Å²) in [5.41, 5.74) is 20.7. The van der Waals surface area contributed by atoms with E-state index in [0.717, 1.165) is 64.4 Å². The topological polar surface area (TPSA) is 83.2 Å². The molecule has 210 valence electrons. The van der Waals surface area contributed by atoms with E-state index < -0.39 is 0 Å². The molecule has 7 aromatic rings. The van der Waals surface area contributed by atoms with Gasteiger partial charge in [0.15, 0.2) is 0 Å². The predicted octanol–water partition coefficient (Wildman–Crippen LogP) is 10.2. The summed E-state index contributed by atoms with van der Waals surface area (Å²) in [4.78, 5) is 15.9. The Bertz CT molecular complexity index is 2170. The lowest BCUT2D eigenvalue weighted by Gasteiger charge is -2.24. The monoisotopic (exact) mass is 604 g/mol. The Hall–Kier alpha value is -5.44. The number of nitrogens with two attached hydrogens (primary N) is 2. The van der Waals surface area contributed by atoms with Crippen molar-refractivity contribution in [3.8, 4) is 20.9 Å². The van der Waals surface area contributed by atoms with Crippen LogP contribution in [0.2, 0.25) is 0 Å². The van der Waals surface area contributed by atoms with Crippen molar-refractivity contribution in [1.82, 2.24) is 0 Å². The summed E-state index contributed by atoms with van der Waals surface area (Å²) in [6.07, 6.45) is 3.79. The second-order valence-corrected chi connectivity index (χ2v) is 12.9. The van der Waals surface area contributed by atoms with Gasteiger partial charge in [0.2, 0.25) is 0 Å². The second kappa shape index (κ2) is 9.54. The molecule has 0 radical (unpaired) electrons. The van der Waals surface area contributed by atoms with Crippen LogP contribution < -0.4 is 21.3 Å². The van der Waals surface area contributed by atoms with E-state index >= 15 is 0 Å². The molecule has 2 aliphatic rings. The van der Waals surface area contributed by atoms with Crippen LogP contribution in [0.3, 0.4) is 0 Å². The van der Waals surface area contributed by atoms with Crippen molar-refractivity contribution >= 4 is 101 Å². The summed E-state index contributed by atoms with van der Waals surface area (Å²) >= 11 is 3.34. The summed E-state index contributed by atoms with van der Waals surface area (Å²) in [5, 5.41) is 6.81. The Morgan fingerprint density at radius 2 is 0.909 bits per heavy atom. The Labute approximate surface area is 261 Å². The zero-order valence-corrected chi connectivity index (χ0v) is 24.9. The molecule has 8 heteroatoms. The highest BCUT2D eigenvalue weighted by Gasteiger charge is 2.22. The summed E-state index contributed by atoms with van der Waals surface area (Å²) in [5.74, 6) is 0. The lowest BCUT2D eigenvalue weighted by atomic mass is 10.0. The number of benzene rings is 5. The van der Waals surface area contributed by atoms with Crippen LogP contribution in [0.25, 0.3) is 42.4 Å². The number of thiophene rings is 2. The second-order valence-electron chi connectivity index (χ2n) is 10.8. The van der Waals surface area contributed by atoms with Crippen LogP contribution in [0.5, 0.6) is 0 Å². The first-order valence-electron chi connectivity index (χ1n) is 14.2. The Morgan fingerprint density at radius 1 is 0.477 bits per heavy atom. The lowest BCUT2D eigenvalue weighted by Crippen LogP contribution is -2.15. The molecule has 0 amide bonds. The summed E-state index contributed by atoms with van der Waals surface area (Å²) < 4.78 is 0. The van der Waals surface area contributed by atoms with Crippen LogP contribution in [-0.2, 0) is 0 Å². The van der Waals surface area contributed by atoms with Gasteiger partial charge >= 0.3 is 0 Å². The van der Waals surface area contributed by atoms with E-state index in [-0.39, 0.29) is 0 Å². The molecule has 0 atom stereocenters.